The van der Waals surface area contributed by atoms with Crippen molar-refractivity contribution < 1.29 is 47.9 Å². The van der Waals surface area contributed by atoms with Crippen LogP contribution in [0.2, 0.25) is 0 Å². The van der Waals surface area contributed by atoms with Crippen molar-refractivity contribution in [1.29, 1.82) is 0 Å². The summed E-state index contributed by atoms with van der Waals surface area (Å²) in [5.41, 5.74) is 2.22. The van der Waals surface area contributed by atoms with Crippen LogP contribution in [0.3, 0.4) is 0 Å². The Labute approximate surface area is 349 Å². The average molecular weight is 865 g/mol. The standard InChI is InChI=1S/2C15H21BN2O4.C11H13BrO2/c2*1-3-5-9-21-11-7-8-13(16(19)20)12(10-11)15-18-17-14(22-15)6-4-2;1-2-3-6-14-10-4-5-11(12)9(7-10)8-13/h2*7-8,10,19-20H,3-6,9H2,1-2H3;4-5,7-8H,2-3,6H2,1H3. The highest BCUT2D eigenvalue weighted by Crippen LogP contribution is 2.25. The van der Waals surface area contributed by atoms with Crippen LogP contribution in [-0.2, 0) is 12.8 Å². The number of aldehydes is 1. The van der Waals surface area contributed by atoms with Crippen LogP contribution in [0.15, 0.2) is 67.9 Å². The van der Waals surface area contributed by atoms with Crippen molar-refractivity contribution >= 4 is 47.4 Å². The van der Waals surface area contributed by atoms with Gasteiger partial charge in [0.2, 0.25) is 23.6 Å². The fraction of sp³-hybridized carbons (Fsp3) is 0.439. The second-order valence-corrected chi connectivity index (χ2v) is 14.0. The van der Waals surface area contributed by atoms with Gasteiger partial charge in [-0.3, -0.25) is 4.79 Å². The zero-order valence-corrected chi connectivity index (χ0v) is 35.6. The molecule has 2 aromatic heterocycles. The van der Waals surface area contributed by atoms with E-state index >= 15 is 0 Å². The summed E-state index contributed by atoms with van der Waals surface area (Å²) < 4.78 is 28.7. The smallest absolute Gasteiger partial charge is 0.489 e. The van der Waals surface area contributed by atoms with Gasteiger partial charge in [0.05, 0.1) is 19.8 Å². The zero-order chi connectivity index (χ0) is 42.3. The Morgan fingerprint density at radius 3 is 1.34 bits per heavy atom. The fourth-order valence-corrected chi connectivity index (χ4v) is 5.47. The molecule has 14 nitrogen and oxygen atoms in total. The predicted octanol–water partition coefficient (Wildman–Crippen LogP) is 6.54. The molecular weight excluding hydrogens is 810 g/mol. The minimum absolute atomic E-state index is 0.271. The number of rotatable bonds is 21. The second-order valence-electron chi connectivity index (χ2n) is 13.2. The third kappa shape index (κ3) is 15.7. The number of carbonyl (C=O) groups is 1. The lowest BCUT2D eigenvalue weighted by atomic mass is 9.77. The maximum Gasteiger partial charge on any atom is 0.489 e. The number of hydrogen-bond acceptors (Lipinski definition) is 14. The van der Waals surface area contributed by atoms with Crippen LogP contribution < -0.4 is 25.1 Å². The monoisotopic (exact) mass is 864 g/mol. The van der Waals surface area contributed by atoms with Gasteiger partial charge in [-0.2, -0.15) is 0 Å². The predicted molar refractivity (Wildman–Crippen MR) is 228 cm³/mol. The fourth-order valence-electron chi connectivity index (χ4n) is 5.13. The number of hydrogen-bond donors (Lipinski definition) is 4. The van der Waals surface area contributed by atoms with E-state index in [1.165, 1.54) is 0 Å². The molecular formula is C41H55B2BrN4O10. The first kappa shape index (κ1) is 47.8. The summed E-state index contributed by atoms with van der Waals surface area (Å²) in [5.74, 6) is 3.65. The van der Waals surface area contributed by atoms with Crippen LogP contribution in [0.1, 0.15) is 108 Å². The van der Waals surface area contributed by atoms with E-state index in [9.17, 15) is 24.9 Å². The van der Waals surface area contributed by atoms with E-state index < -0.39 is 14.2 Å². The SMILES string of the molecule is CCCCOc1ccc(B(O)O)c(-c2nnc(CCC)o2)c1.CCCCOc1ccc(B(O)O)c(-c2nnc(CCC)o2)c1.CCCCOc1ccc(Br)c(C=O)c1. The van der Waals surface area contributed by atoms with Gasteiger partial charge in [-0.1, -0.05) is 81.9 Å². The Balaban J connectivity index is 0.000000239. The van der Waals surface area contributed by atoms with Crippen molar-refractivity contribution in [2.45, 2.75) is 98.8 Å². The second kappa shape index (κ2) is 26.5. The van der Waals surface area contributed by atoms with Crippen molar-refractivity contribution in [1.82, 2.24) is 20.4 Å². The molecule has 0 radical (unpaired) electrons. The van der Waals surface area contributed by atoms with Crippen molar-refractivity contribution in [2.24, 2.45) is 0 Å². The van der Waals surface area contributed by atoms with Crippen molar-refractivity contribution in [2.75, 3.05) is 19.8 Å². The van der Waals surface area contributed by atoms with Gasteiger partial charge < -0.3 is 43.1 Å². The molecule has 0 atom stereocenters. The largest absolute Gasteiger partial charge is 0.494 e. The van der Waals surface area contributed by atoms with Gasteiger partial charge in [0.15, 0.2) is 6.29 Å². The van der Waals surface area contributed by atoms with Gasteiger partial charge >= 0.3 is 14.2 Å². The number of unbranched alkanes of at least 4 members (excludes halogenated alkanes) is 3. The molecule has 4 N–H and O–H groups in total. The molecule has 0 saturated carbocycles. The number of nitrogens with zero attached hydrogens (tertiary/aromatic N) is 4. The lowest BCUT2D eigenvalue weighted by Gasteiger charge is -2.10. The summed E-state index contributed by atoms with van der Waals surface area (Å²) in [4.78, 5) is 10.6. The number of benzene rings is 3. The topological polar surface area (TPSA) is 204 Å². The Hall–Kier alpha value is -4.54. The summed E-state index contributed by atoms with van der Waals surface area (Å²) in [6.07, 6.45) is 10.2. The number of aryl methyl sites for hydroxylation is 2. The van der Waals surface area contributed by atoms with Crippen LogP contribution in [0.25, 0.3) is 22.9 Å². The Kier molecular flexibility index (Phi) is 21.8. The highest BCUT2D eigenvalue weighted by Gasteiger charge is 2.23. The molecule has 2 heterocycles. The molecule has 5 rings (SSSR count). The number of carbonyl (C=O) groups excluding carboxylic acids is 1. The van der Waals surface area contributed by atoms with Gasteiger partial charge in [0, 0.05) is 34.0 Å². The molecule has 3 aromatic carbocycles. The number of ether oxygens (including phenoxy) is 3. The first-order valence-electron chi connectivity index (χ1n) is 19.9. The quantitative estimate of drug-likeness (QED) is 0.0352. The molecule has 0 aliphatic carbocycles. The molecule has 0 aliphatic rings. The van der Waals surface area contributed by atoms with Crippen LogP contribution in [0, 0.1) is 0 Å². The van der Waals surface area contributed by atoms with Gasteiger partial charge in [0.1, 0.15) is 17.2 Å². The van der Waals surface area contributed by atoms with E-state index in [0.29, 0.717) is 83.6 Å². The summed E-state index contributed by atoms with van der Waals surface area (Å²) in [6.45, 7) is 12.3. The van der Waals surface area contributed by atoms with E-state index in [0.717, 1.165) is 67.9 Å². The maximum atomic E-state index is 10.6. The summed E-state index contributed by atoms with van der Waals surface area (Å²) >= 11 is 3.29. The number of halogens is 1. The molecule has 0 aliphatic heterocycles. The van der Waals surface area contributed by atoms with E-state index in [-0.39, 0.29) is 11.8 Å². The Morgan fingerprint density at radius 2 is 0.983 bits per heavy atom. The van der Waals surface area contributed by atoms with Gasteiger partial charge in [-0.05, 0) is 85.5 Å². The Morgan fingerprint density at radius 1 is 0.586 bits per heavy atom. The lowest BCUT2D eigenvalue weighted by Crippen LogP contribution is -2.31. The first-order valence-corrected chi connectivity index (χ1v) is 20.7. The average Bonchev–Trinajstić information content (AvgIpc) is 3.90. The minimum Gasteiger partial charge on any atom is -0.494 e. The van der Waals surface area contributed by atoms with Gasteiger partial charge in [-0.15, -0.1) is 20.4 Å². The molecule has 5 aromatic rings. The highest BCUT2D eigenvalue weighted by molar-refractivity contribution is 9.10. The van der Waals surface area contributed by atoms with E-state index in [1.54, 1.807) is 42.5 Å². The van der Waals surface area contributed by atoms with Gasteiger partial charge in [-0.25, -0.2) is 0 Å². The zero-order valence-electron chi connectivity index (χ0n) is 34.0. The summed E-state index contributed by atoms with van der Waals surface area (Å²) in [6, 6.07) is 15.4. The van der Waals surface area contributed by atoms with E-state index in [2.05, 4.69) is 57.1 Å². The summed E-state index contributed by atoms with van der Waals surface area (Å²) in [5, 5.41) is 53.9. The third-order valence-electron chi connectivity index (χ3n) is 8.32. The van der Waals surface area contributed by atoms with Crippen LogP contribution >= 0.6 is 15.9 Å². The summed E-state index contributed by atoms with van der Waals surface area (Å²) in [7, 11) is -3.22. The third-order valence-corrected chi connectivity index (χ3v) is 9.04. The molecule has 0 spiro atoms. The van der Waals surface area contributed by atoms with Gasteiger partial charge in [0.25, 0.3) is 0 Å². The molecule has 0 bridgehead atoms. The maximum absolute atomic E-state index is 10.6. The van der Waals surface area contributed by atoms with Crippen molar-refractivity contribution in [3.8, 4) is 40.2 Å². The van der Waals surface area contributed by atoms with E-state index in [4.69, 9.17) is 23.0 Å². The molecule has 312 valence electrons. The number of aromatic nitrogens is 4. The highest BCUT2D eigenvalue weighted by atomic mass is 79.9. The molecule has 0 unspecified atom stereocenters. The van der Waals surface area contributed by atoms with E-state index in [1.807, 2.05) is 26.0 Å². The Bertz CT molecular complexity index is 1840. The molecule has 17 heteroatoms. The first-order chi connectivity index (χ1) is 28.1. The molecule has 0 saturated heterocycles. The van der Waals surface area contributed by atoms with Crippen LogP contribution in [-0.4, -0.2) is 80.8 Å². The molecule has 0 fully saturated rings. The molecule has 0 amide bonds. The van der Waals surface area contributed by atoms with Crippen molar-refractivity contribution in [3.05, 3.63) is 76.4 Å². The van der Waals surface area contributed by atoms with Crippen LogP contribution in [0.4, 0.5) is 0 Å². The lowest BCUT2D eigenvalue weighted by molar-refractivity contribution is 0.112. The van der Waals surface area contributed by atoms with Crippen LogP contribution in [0.5, 0.6) is 17.2 Å². The van der Waals surface area contributed by atoms with Crippen molar-refractivity contribution in [3.63, 3.8) is 0 Å². The molecule has 58 heavy (non-hydrogen) atoms. The minimum atomic E-state index is -1.61. The normalized spacial score (nSPS) is 10.5.